The van der Waals surface area contributed by atoms with Crippen LogP contribution in [0.25, 0.3) is 10.8 Å². The van der Waals surface area contributed by atoms with E-state index in [1.165, 1.54) is 0 Å². The Bertz CT molecular complexity index is 884. The Labute approximate surface area is 120 Å². The Morgan fingerprint density at radius 1 is 1.05 bits per heavy atom. The quantitative estimate of drug-likeness (QED) is 0.756. The average molecular weight is 279 g/mol. The fourth-order valence-corrected chi connectivity index (χ4v) is 2.18. The van der Waals surface area contributed by atoms with Crippen molar-refractivity contribution in [2.24, 2.45) is 0 Å². The Kier molecular flexibility index (Phi) is 3.23. The standard InChI is InChI=1S/C16H13N3O2/c1-10-6-2-5-9-13(10)17-16(21)14-11-7-3-4-8-12(11)15(20)19-18-14/h2-9H,1H3,(H,17,21)(H,19,20). The number of aromatic amines is 1. The number of amides is 1. The molecule has 3 rings (SSSR count). The van der Waals surface area contributed by atoms with Gasteiger partial charge in [0.1, 0.15) is 0 Å². The number of para-hydroxylation sites is 1. The largest absolute Gasteiger partial charge is 0.320 e. The van der Waals surface area contributed by atoms with Crippen molar-refractivity contribution >= 4 is 22.4 Å². The molecule has 0 aliphatic carbocycles. The topological polar surface area (TPSA) is 74.8 Å². The normalized spacial score (nSPS) is 10.5. The molecule has 0 spiro atoms. The first kappa shape index (κ1) is 13.1. The van der Waals surface area contributed by atoms with Crippen LogP contribution in [-0.2, 0) is 0 Å². The van der Waals surface area contributed by atoms with Crippen LogP contribution in [0.3, 0.4) is 0 Å². The van der Waals surface area contributed by atoms with E-state index in [1.54, 1.807) is 24.3 Å². The van der Waals surface area contributed by atoms with Crippen molar-refractivity contribution in [3.8, 4) is 0 Å². The summed E-state index contributed by atoms with van der Waals surface area (Å²) in [6, 6.07) is 14.4. The van der Waals surface area contributed by atoms with Crippen molar-refractivity contribution in [2.45, 2.75) is 6.92 Å². The van der Waals surface area contributed by atoms with Crippen LogP contribution in [0.1, 0.15) is 16.1 Å². The summed E-state index contributed by atoms with van der Waals surface area (Å²) < 4.78 is 0. The molecular formula is C16H13N3O2. The number of rotatable bonds is 2. The minimum atomic E-state index is -0.350. The molecule has 0 atom stereocenters. The lowest BCUT2D eigenvalue weighted by Gasteiger charge is -2.08. The van der Waals surface area contributed by atoms with E-state index >= 15 is 0 Å². The van der Waals surface area contributed by atoms with Crippen LogP contribution >= 0.6 is 0 Å². The number of carbonyl (C=O) groups is 1. The summed E-state index contributed by atoms with van der Waals surface area (Å²) in [7, 11) is 0. The highest BCUT2D eigenvalue weighted by molar-refractivity contribution is 6.11. The second kappa shape index (κ2) is 5.20. The highest BCUT2D eigenvalue weighted by atomic mass is 16.2. The zero-order valence-corrected chi connectivity index (χ0v) is 11.4. The van der Waals surface area contributed by atoms with Gasteiger partial charge in [-0.3, -0.25) is 9.59 Å². The van der Waals surface area contributed by atoms with Crippen LogP contribution < -0.4 is 10.9 Å². The number of hydrogen-bond donors (Lipinski definition) is 2. The van der Waals surface area contributed by atoms with E-state index in [0.29, 0.717) is 10.8 Å². The van der Waals surface area contributed by atoms with Gasteiger partial charge in [-0.2, -0.15) is 5.10 Å². The summed E-state index contributed by atoms with van der Waals surface area (Å²) in [5.41, 5.74) is 1.57. The third-order valence-corrected chi connectivity index (χ3v) is 3.30. The molecule has 21 heavy (non-hydrogen) atoms. The van der Waals surface area contributed by atoms with Gasteiger partial charge >= 0.3 is 0 Å². The first-order chi connectivity index (χ1) is 10.2. The zero-order valence-electron chi connectivity index (χ0n) is 11.4. The molecule has 5 heteroatoms. The third kappa shape index (κ3) is 2.41. The predicted octanol–water partition coefficient (Wildman–Crippen LogP) is 2.48. The maximum atomic E-state index is 12.4. The molecule has 0 saturated heterocycles. The molecule has 0 aliphatic heterocycles. The maximum Gasteiger partial charge on any atom is 0.276 e. The van der Waals surface area contributed by atoms with E-state index in [0.717, 1.165) is 11.3 Å². The van der Waals surface area contributed by atoms with Crippen molar-refractivity contribution < 1.29 is 4.79 Å². The summed E-state index contributed by atoms with van der Waals surface area (Å²) >= 11 is 0. The van der Waals surface area contributed by atoms with Crippen LogP contribution in [0.4, 0.5) is 5.69 Å². The summed E-state index contributed by atoms with van der Waals surface area (Å²) in [6.45, 7) is 1.91. The maximum absolute atomic E-state index is 12.4. The number of hydrogen-bond acceptors (Lipinski definition) is 3. The molecule has 5 nitrogen and oxygen atoms in total. The fraction of sp³-hybridized carbons (Fsp3) is 0.0625. The number of benzene rings is 2. The second-order valence-corrected chi connectivity index (χ2v) is 4.72. The predicted molar refractivity (Wildman–Crippen MR) is 81.5 cm³/mol. The number of aryl methyl sites for hydroxylation is 1. The van der Waals surface area contributed by atoms with Gasteiger partial charge in [0.15, 0.2) is 5.69 Å². The van der Waals surface area contributed by atoms with Gasteiger partial charge in [-0.1, -0.05) is 36.4 Å². The van der Waals surface area contributed by atoms with Crippen molar-refractivity contribution in [1.82, 2.24) is 10.2 Å². The van der Waals surface area contributed by atoms with Crippen LogP contribution in [-0.4, -0.2) is 16.1 Å². The lowest BCUT2D eigenvalue weighted by molar-refractivity contribution is 0.102. The van der Waals surface area contributed by atoms with E-state index in [1.807, 2.05) is 31.2 Å². The number of fused-ring (bicyclic) bond motifs is 1. The lowest BCUT2D eigenvalue weighted by Crippen LogP contribution is -2.19. The molecule has 0 saturated carbocycles. The fourth-order valence-electron chi connectivity index (χ4n) is 2.18. The zero-order chi connectivity index (χ0) is 14.8. The minimum absolute atomic E-state index is 0.202. The summed E-state index contributed by atoms with van der Waals surface area (Å²) in [5.74, 6) is -0.350. The van der Waals surface area contributed by atoms with Gasteiger partial charge in [0.25, 0.3) is 11.5 Å². The van der Waals surface area contributed by atoms with Gasteiger partial charge in [0.2, 0.25) is 0 Å². The third-order valence-electron chi connectivity index (χ3n) is 3.30. The number of nitrogens with one attached hydrogen (secondary N) is 2. The van der Waals surface area contributed by atoms with Crippen LogP contribution in [0, 0.1) is 6.92 Å². The van der Waals surface area contributed by atoms with Crippen LogP contribution in [0.5, 0.6) is 0 Å². The highest BCUT2D eigenvalue weighted by Crippen LogP contribution is 2.17. The van der Waals surface area contributed by atoms with Gasteiger partial charge in [0.05, 0.1) is 5.39 Å². The second-order valence-electron chi connectivity index (χ2n) is 4.72. The average Bonchev–Trinajstić information content (AvgIpc) is 2.50. The van der Waals surface area contributed by atoms with Crippen molar-refractivity contribution in [3.63, 3.8) is 0 Å². The molecule has 0 aliphatic rings. The van der Waals surface area contributed by atoms with Gasteiger partial charge in [-0.25, -0.2) is 5.10 Å². The molecule has 0 bridgehead atoms. The van der Waals surface area contributed by atoms with E-state index < -0.39 is 0 Å². The molecule has 1 heterocycles. The molecule has 1 aromatic heterocycles. The molecule has 1 amide bonds. The molecule has 0 radical (unpaired) electrons. The van der Waals surface area contributed by atoms with Gasteiger partial charge in [-0.15, -0.1) is 0 Å². The van der Waals surface area contributed by atoms with Crippen molar-refractivity contribution in [2.75, 3.05) is 5.32 Å². The van der Waals surface area contributed by atoms with E-state index in [9.17, 15) is 9.59 Å². The SMILES string of the molecule is Cc1ccccc1NC(=O)c1n[nH]c(=O)c2ccccc12. The number of H-pyrrole nitrogens is 1. The van der Waals surface area contributed by atoms with Crippen LogP contribution in [0.2, 0.25) is 0 Å². The smallest absolute Gasteiger partial charge is 0.276 e. The number of aromatic nitrogens is 2. The summed E-state index contributed by atoms with van der Waals surface area (Å²) in [4.78, 5) is 24.1. The Hall–Kier alpha value is -2.95. The first-order valence-electron chi connectivity index (χ1n) is 6.51. The molecule has 2 aromatic carbocycles. The Morgan fingerprint density at radius 3 is 2.48 bits per heavy atom. The molecule has 2 N–H and O–H groups in total. The van der Waals surface area contributed by atoms with Gasteiger partial charge < -0.3 is 5.32 Å². The Balaban J connectivity index is 2.05. The summed E-state index contributed by atoms with van der Waals surface area (Å²) in [5, 5.41) is 10.0. The summed E-state index contributed by atoms with van der Waals surface area (Å²) in [6.07, 6.45) is 0. The molecule has 0 unspecified atom stereocenters. The molecule has 3 aromatic rings. The number of carbonyl (C=O) groups excluding carboxylic acids is 1. The highest BCUT2D eigenvalue weighted by Gasteiger charge is 2.14. The molecule has 104 valence electrons. The van der Waals surface area contributed by atoms with E-state index in [2.05, 4.69) is 15.5 Å². The van der Waals surface area contributed by atoms with E-state index in [-0.39, 0.29) is 17.2 Å². The molecule has 0 fully saturated rings. The molecular weight excluding hydrogens is 266 g/mol. The lowest BCUT2D eigenvalue weighted by atomic mass is 10.1. The van der Waals surface area contributed by atoms with Crippen LogP contribution in [0.15, 0.2) is 53.3 Å². The monoisotopic (exact) mass is 279 g/mol. The van der Waals surface area contributed by atoms with E-state index in [4.69, 9.17) is 0 Å². The number of anilines is 1. The number of nitrogens with zero attached hydrogens (tertiary/aromatic N) is 1. The van der Waals surface area contributed by atoms with Crippen molar-refractivity contribution in [3.05, 3.63) is 70.1 Å². The Morgan fingerprint density at radius 2 is 1.71 bits per heavy atom. The van der Waals surface area contributed by atoms with Gasteiger partial charge in [0, 0.05) is 11.1 Å². The first-order valence-corrected chi connectivity index (χ1v) is 6.51. The van der Waals surface area contributed by atoms with Crippen molar-refractivity contribution in [1.29, 1.82) is 0 Å². The minimum Gasteiger partial charge on any atom is -0.320 e. The van der Waals surface area contributed by atoms with Gasteiger partial charge in [-0.05, 0) is 24.6 Å².